The van der Waals surface area contributed by atoms with Crippen LogP contribution in [0.3, 0.4) is 0 Å². The molecule has 0 saturated heterocycles. The van der Waals surface area contributed by atoms with Gasteiger partial charge >= 0.3 is 12.3 Å². The highest BCUT2D eigenvalue weighted by Gasteiger charge is 2.41. The van der Waals surface area contributed by atoms with Gasteiger partial charge in [0.05, 0.1) is 12.1 Å². The van der Waals surface area contributed by atoms with Crippen LogP contribution in [0, 0.1) is 0 Å². The molecule has 0 aromatic carbocycles. The quantitative estimate of drug-likeness (QED) is 0.772. The van der Waals surface area contributed by atoms with Crippen molar-refractivity contribution in [3.63, 3.8) is 0 Å². The Bertz CT molecular complexity index is 321. The zero-order valence-electron chi connectivity index (χ0n) is 8.78. The van der Waals surface area contributed by atoms with E-state index in [0.29, 0.717) is 6.42 Å². The van der Waals surface area contributed by atoms with Crippen molar-refractivity contribution in [3.05, 3.63) is 16.6 Å². The van der Waals surface area contributed by atoms with Crippen molar-refractivity contribution in [1.29, 1.82) is 0 Å². The van der Waals surface area contributed by atoms with Crippen molar-refractivity contribution < 1.29 is 22.3 Å². The van der Waals surface area contributed by atoms with Crippen LogP contribution in [0.1, 0.15) is 4.88 Å². The summed E-state index contributed by atoms with van der Waals surface area (Å²) in [5.41, 5.74) is 7.21. The molecule has 1 aromatic rings. The Labute approximate surface area is 99.6 Å². The third-order valence-corrected chi connectivity index (χ3v) is 2.69. The lowest BCUT2D eigenvalue weighted by Gasteiger charge is -2.17. The maximum atomic E-state index is 12.5. The summed E-state index contributed by atoms with van der Waals surface area (Å²) in [5, 5.41) is 0. The number of nitrogens with zero attached hydrogens (tertiary/aromatic N) is 1. The molecule has 0 aliphatic heterocycles. The van der Waals surface area contributed by atoms with Gasteiger partial charge in [-0.2, -0.15) is 8.78 Å². The molecule has 8 heteroatoms. The summed E-state index contributed by atoms with van der Waals surface area (Å²) < 4.78 is 52.9. The Kier molecular flexibility index (Phi) is 5.29. The van der Waals surface area contributed by atoms with Crippen LogP contribution < -0.4 is 5.73 Å². The molecular weight excluding hydrogens is 260 g/mol. The molecule has 98 valence electrons. The van der Waals surface area contributed by atoms with Crippen molar-refractivity contribution in [2.45, 2.75) is 24.8 Å². The monoisotopic (exact) mass is 272 g/mol. The summed E-state index contributed by atoms with van der Waals surface area (Å²) >= 11 is 1.38. The maximum Gasteiger partial charge on any atom is 0.330 e. The maximum absolute atomic E-state index is 12.5. The Morgan fingerprint density at radius 1 is 1.47 bits per heavy atom. The predicted molar refractivity (Wildman–Crippen MR) is 55.6 cm³/mol. The summed E-state index contributed by atoms with van der Waals surface area (Å²) in [6.07, 6.45) is -1.69. The van der Waals surface area contributed by atoms with Crippen molar-refractivity contribution in [2.24, 2.45) is 5.73 Å². The molecule has 1 atom stereocenters. The van der Waals surface area contributed by atoms with Crippen LogP contribution in [0.4, 0.5) is 17.6 Å². The SMILES string of the molecule is NC(COCC(F)(F)C(F)F)Cc1cncs1. The molecule has 0 fully saturated rings. The first kappa shape index (κ1) is 14.3. The number of hydrogen-bond donors (Lipinski definition) is 1. The van der Waals surface area contributed by atoms with Gasteiger partial charge in [0, 0.05) is 23.5 Å². The normalized spacial score (nSPS) is 14.2. The van der Waals surface area contributed by atoms with Crippen molar-refractivity contribution in [1.82, 2.24) is 4.98 Å². The Morgan fingerprint density at radius 3 is 2.71 bits per heavy atom. The van der Waals surface area contributed by atoms with Crippen LogP contribution >= 0.6 is 11.3 Å². The Balaban J connectivity index is 2.22. The molecular formula is C9H12F4N2OS. The second kappa shape index (κ2) is 6.27. The zero-order valence-corrected chi connectivity index (χ0v) is 9.60. The van der Waals surface area contributed by atoms with E-state index in [-0.39, 0.29) is 6.61 Å². The minimum absolute atomic E-state index is 0.194. The molecule has 3 nitrogen and oxygen atoms in total. The zero-order chi connectivity index (χ0) is 12.9. The largest absolute Gasteiger partial charge is 0.373 e. The van der Waals surface area contributed by atoms with Crippen LogP contribution in [-0.2, 0) is 11.2 Å². The summed E-state index contributed by atoms with van der Waals surface area (Å²) in [4.78, 5) is 4.71. The first-order chi connectivity index (χ1) is 7.92. The summed E-state index contributed by atoms with van der Waals surface area (Å²) in [6, 6.07) is -0.510. The lowest BCUT2D eigenvalue weighted by molar-refractivity contribution is -0.166. The average molecular weight is 272 g/mol. The van der Waals surface area contributed by atoms with Gasteiger partial charge < -0.3 is 10.5 Å². The molecule has 0 aliphatic carbocycles. The van der Waals surface area contributed by atoms with Crippen LogP contribution in [0.2, 0.25) is 0 Å². The van der Waals surface area contributed by atoms with E-state index in [9.17, 15) is 17.6 Å². The molecule has 0 bridgehead atoms. The molecule has 0 amide bonds. The fraction of sp³-hybridized carbons (Fsp3) is 0.667. The number of halogens is 4. The number of alkyl halides is 4. The van der Waals surface area contributed by atoms with E-state index in [1.165, 1.54) is 11.3 Å². The molecule has 1 unspecified atom stereocenters. The first-order valence-electron chi connectivity index (χ1n) is 4.78. The van der Waals surface area contributed by atoms with Gasteiger partial charge in [0.25, 0.3) is 0 Å². The molecule has 0 saturated carbocycles. The number of nitrogens with two attached hydrogens (primary N) is 1. The van der Waals surface area contributed by atoms with Crippen molar-refractivity contribution in [2.75, 3.05) is 13.2 Å². The van der Waals surface area contributed by atoms with Gasteiger partial charge in [-0.25, -0.2) is 8.78 Å². The van der Waals surface area contributed by atoms with E-state index >= 15 is 0 Å². The summed E-state index contributed by atoms with van der Waals surface area (Å²) in [5.74, 6) is -4.12. The lowest BCUT2D eigenvalue weighted by Crippen LogP contribution is -2.36. The fourth-order valence-electron chi connectivity index (χ4n) is 1.07. The van der Waals surface area contributed by atoms with Gasteiger partial charge in [-0.15, -0.1) is 11.3 Å². The van der Waals surface area contributed by atoms with Gasteiger partial charge in [0.1, 0.15) is 6.61 Å². The third-order valence-electron chi connectivity index (χ3n) is 1.89. The van der Waals surface area contributed by atoms with Crippen molar-refractivity contribution in [3.8, 4) is 0 Å². The predicted octanol–water partition coefficient (Wildman–Crippen LogP) is 1.93. The van der Waals surface area contributed by atoms with Gasteiger partial charge in [-0.05, 0) is 0 Å². The average Bonchev–Trinajstić information content (AvgIpc) is 2.69. The van der Waals surface area contributed by atoms with E-state index in [4.69, 9.17) is 5.73 Å². The molecule has 1 heterocycles. The summed E-state index contributed by atoms with van der Waals surface area (Å²) in [6.45, 7) is -1.51. The molecule has 0 spiro atoms. The molecule has 1 rings (SSSR count). The Hall–Kier alpha value is -0.730. The van der Waals surface area contributed by atoms with Crippen LogP contribution in [0.5, 0.6) is 0 Å². The van der Waals surface area contributed by atoms with Crippen LogP contribution in [0.15, 0.2) is 11.7 Å². The second-order valence-corrected chi connectivity index (χ2v) is 4.48. The van der Waals surface area contributed by atoms with Crippen LogP contribution in [-0.4, -0.2) is 36.6 Å². The van der Waals surface area contributed by atoms with E-state index < -0.39 is 25.0 Å². The highest BCUT2D eigenvalue weighted by molar-refractivity contribution is 7.09. The number of thiazole rings is 1. The molecule has 17 heavy (non-hydrogen) atoms. The van der Waals surface area contributed by atoms with Gasteiger partial charge in [-0.1, -0.05) is 0 Å². The van der Waals surface area contributed by atoms with Gasteiger partial charge in [0.15, 0.2) is 0 Å². The van der Waals surface area contributed by atoms with Gasteiger partial charge in [-0.3, -0.25) is 4.98 Å². The van der Waals surface area contributed by atoms with E-state index in [0.717, 1.165) is 4.88 Å². The number of ether oxygens (including phenoxy) is 1. The van der Waals surface area contributed by atoms with E-state index in [2.05, 4.69) is 9.72 Å². The highest BCUT2D eigenvalue weighted by atomic mass is 32.1. The van der Waals surface area contributed by atoms with Crippen molar-refractivity contribution >= 4 is 11.3 Å². The first-order valence-corrected chi connectivity index (χ1v) is 5.66. The molecule has 0 aliphatic rings. The molecule has 0 radical (unpaired) electrons. The number of aromatic nitrogens is 1. The lowest BCUT2D eigenvalue weighted by atomic mass is 10.2. The van der Waals surface area contributed by atoms with Crippen LogP contribution in [0.25, 0.3) is 0 Å². The number of hydrogen-bond acceptors (Lipinski definition) is 4. The van der Waals surface area contributed by atoms with Gasteiger partial charge in [0.2, 0.25) is 0 Å². The van der Waals surface area contributed by atoms with E-state index in [1.807, 2.05) is 0 Å². The minimum Gasteiger partial charge on any atom is -0.373 e. The number of rotatable bonds is 7. The topological polar surface area (TPSA) is 48.1 Å². The highest BCUT2D eigenvalue weighted by Crippen LogP contribution is 2.22. The smallest absolute Gasteiger partial charge is 0.330 e. The third kappa shape index (κ3) is 4.97. The summed E-state index contributed by atoms with van der Waals surface area (Å²) in [7, 11) is 0. The Morgan fingerprint density at radius 2 is 2.18 bits per heavy atom. The second-order valence-electron chi connectivity index (χ2n) is 3.51. The molecule has 1 aromatic heterocycles. The molecule has 2 N–H and O–H groups in total. The fourth-order valence-corrected chi connectivity index (χ4v) is 1.76. The minimum atomic E-state index is -4.12. The van der Waals surface area contributed by atoms with E-state index in [1.54, 1.807) is 11.7 Å². The standard InChI is InChI=1S/C9H12F4N2OS/c10-8(11)9(12,13)4-16-3-6(14)1-7-2-15-5-17-7/h2,5-6,8H,1,3-4,14H2.